The van der Waals surface area contributed by atoms with Gasteiger partial charge in [0.25, 0.3) is 0 Å². The molecule has 0 unspecified atom stereocenters. The summed E-state index contributed by atoms with van der Waals surface area (Å²) in [5.74, 6) is 0. The summed E-state index contributed by atoms with van der Waals surface area (Å²) in [5.41, 5.74) is 2.53. The van der Waals surface area contributed by atoms with Gasteiger partial charge >= 0.3 is 0 Å². The molecule has 0 saturated carbocycles. The zero-order valence-corrected chi connectivity index (χ0v) is 14.7. The highest BCUT2D eigenvalue weighted by Gasteiger charge is 2.35. The first kappa shape index (κ1) is 16.8. The van der Waals surface area contributed by atoms with Crippen molar-refractivity contribution >= 4 is 21.3 Å². The van der Waals surface area contributed by atoms with Gasteiger partial charge in [-0.15, -0.1) is 0 Å². The normalized spacial score (nSPS) is 11.8. The number of allylic oxidation sites excluding steroid dienone is 2. The van der Waals surface area contributed by atoms with E-state index in [4.69, 9.17) is 0 Å². The maximum absolute atomic E-state index is 12.6. The smallest absolute Gasteiger partial charge is 0.132 e. The fourth-order valence-corrected chi connectivity index (χ4v) is 5.45. The number of hydrogen-bond donors (Lipinski definition) is 0. The van der Waals surface area contributed by atoms with Crippen molar-refractivity contribution in [1.29, 1.82) is 0 Å². The van der Waals surface area contributed by atoms with E-state index in [9.17, 15) is 4.79 Å². The van der Waals surface area contributed by atoms with Crippen LogP contribution in [0.4, 0.5) is 0 Å². The van der Waals surface area contributed by atoms with Gasteiger partial charge in [-0.3, -0.25) is 0 Å². The summed E-state index contributed by atoms with van der Waals surface area (Å²) in [5, 5.41) is 0.522. The van der Waals surface area contributed by atoms with Crippen molar-refractivity contribution < 1.29 is 4.79 Å². The van der Waals surface area contributed by atoms with Gasteiger partial charge in [0.15, 0.2) is 0 Å². The molecule has 0 heterocycles. The van der Waals surface area contributed by atoms with Crippen LogP contribution in [0.25, 0.3) is 0 Å². The van der Waals surface area contributed by atoms with Crippen molar-refractivity contribution in [2.75, 3.05) is 0 Å². The molecular formula is C14H29OSi2. The van der Waals surface area contributed by atoms with Crippen molar-refractivity contribution in [1.82, 2.24) is 0 Å². The van der Waals surface area contributed by atoms with Gasteiger partial charge < -0.3 is 4.79 Å². The molecule has 0 rings (SSSR count). The molecule has 1 radical (unpaired) electrons. The van der Waals surface area contributed by atoms with E-state index in [1.807, 2.05) is 0 Å². The van der Waals surface area contributed by atoms with Crippen molar-refractivity contribution in [2.45, 2.75) is 72.6 Å². The van der Waals surface area contributed by atoms with E-state index in [1.165, 1.54) is 5.57 Å². The number of carbonyl (C=O) groups is 1. The Balaban J connectivity index is 5.15. The van der Waals surface area contributed by atoms with Crippen LogP contribution in [0.5, 0.6) is 0 Å². The lowest BCUT2D eigenvalue weighted by molar-refractivity contribution is -0.109. The molecule has 0 fully saturated rings. The highest BCUT2D eigenvalue weighted by atomic mass is 29.2. The molecule has 3 heteroatoms. The van der Waals surface area contributed by atoms with E-state index >= 15 is 0 Å². The Labute approximate surface area is 110 Å². The van der Waals surface area contributed by atoms with E-state index in [0.717, 1.165) is 31.3 Å². The SMILES string of the molecule is CCCC(CCC)=C(C)C(=O)[Si](C)(C)[Si](C)C. The highest BCUT2D eigenvalue weighted by Crippen LogP contribution is 2.22. The van der Waals surface area contributed by atoms with E-state index in [-0.39, 0.29) is 0 Å². The van der Waals surface area contributed by atoms with Gasteiger partial charge in [0.1, 0.15) is 13.0 Å². The van der Waals surface area contributed by atoms with E-state index in [1.54, 1.807) is 0 Å². The number of carbonyl (C=O) groups excluding carboxylic acids is 1. The number of rotatable bonds is 7. The lowest BCUT2D eigenvalue weighted by Gasteiger charge is -2.25. The number of hydrogen-bond acceptors (Lipinski definition) is 1. The van der Waals surface area contributed by atoms with Gasteiger partial charge in [0, 0.05) is 8.31 Å². The standard InChI is InChI=1S/C14H29OSi2/c1-8-10-13(11-9-2)12(3)14(15)17(6,7)16(4)5/h8-11H2,1-7H3. The molecule has 0 amide bonds. The van der Waals surface area contributed by atoms with Crippen LogP contribution < -0.4 is 0 Å². The lowest BCUT2D eigenvalue weighted by Crippen LogP contribution is -2.50. The van der Waals surface area contributed by atoms with Crippen LogP contribution in [0.1, 0.15) is 46.5 Å². The van der Waals surface area contributed by atoms with Crippen LogP contribution in [-0.2, 0) is 4.79 Å². The van der Waals surface area contributed by atoms with Gasteiger partial charge in [0.2, 0.25) is 0 Å². The second-order valence-electron chi connectivity index (χ2n) is 5.68. The lowest BCUT2D eigenvalue weighted by atomic mass is 10.0. The Morgan fingerprint density at radius 2 is 1.47 bits per heavy atom. The van der Waals surface area contributed by atoms with Crippen LogP contribution in [0.2, 0.25) is 26.2 Å². The third-order valence-electron chi connectivity index (χ3n) is 3.79. The van der Waals surface area contributed by atoms with Crippen molar-refractivity contribution in [3.8, 4) is 0 Å². The fraction of sp³-hybridized carbons (Fsp3) is 0.786. The van der Waals surface area contributed by atoms with Crippen LogP contribution in [0, 0.1) is 0 Å². The fourth-order valence-electron chi connectivity index (χ4n) is 1.96. The second-order valence-corrected chi connectivity index (χ2v) is 18.1. The molecule has 1 nitrogen and oxygen atoms in total. The van der Waals surface area contributed by atoms with Crippen LogP contribution in [0.3, 0.4) is 0 Å². The summed E-state index contributed by atoms with van der Waals surface area (Å²) in [7, 11) is -2.12. The van der Waals surface area contributed by atoms with Crippen molar-refractivity contribution in [3.05, 3.63) is 11.1 Å². The van der Waals surface area contributed by atoms with Crippen LogP contribution in [-0.4, -0.2) is 21.3 Å². The molecule has 0 spiro atoms. The van der Waals surface area contributed by atoms with Gasteiger partial charge in [-0.1, -0.05) is 58.5 Å². The summed E-state index contributed by atoms with van der Waals surface area (Å²) in [6.45, 7) is 15.6. The third-order valence-corrected chi connectivity index (χ3v) is 16.0. The molecule has 17 heavy (non-hydrogen) atoms. The predicted octanol–water partition coefficient (Wildman–Crippen LogP) is 4.55. The summed E-state index contributed by atoms with van der Waals surface area (Å²) >= 11 is 0. The van der Waals surface area contributed by atoms with E-state index in [0.29, 0.717) is 5.41 Å². The molecule has 0 N–H and O–H groups in total. The molecule has 0 aliphatic heterocycles. The quantitative estimate of drug-likeness (QED) is 0.489. The van der Waals surface area contributed by atoms with Gasteiger partial charge in [-0.2, -0.15) is 0 Å². The third kappa shape index (κ3) is 4.55. The van der Waals surface area contributed by atoms with Crippen molar-refractivity contribution in [3.63, 3.8) is 0 Å². The van der Waals surface area contributed by atoms with Crippen molar-refractivity contribution in [2.24, 2.45) is 0 Å². The average molecular weight is 270 g/mol. The summed E-state index contributed by atoms with van der Waals surface area (Å²) in [4.78, 5) is 12.6. The zero-order chi connectivity index (χ0) is 13.6. The Bertz CT molecular complexity index is 283. The molecular weight excluding hydrogens is 240 g/mol. The van der Waals surface area contributed by atoms with E-state index in [2.05, 4.69) is 47.0 Å². The largest absolute Gasteiger partial charge is 0.301 e. The Morgan fingerprint density at radius 3 is 1.76 bits per heavy atom. The Kier molecular flexibility index (Phi) is 7.25. The molecule has 0 aromatic carbocycles. The monoisotopic (exact) mass is 269 g/mol. The van der Waals surface area contributed by atoms with Gasteiger partial charge in [0.05, 0.1) is 0 Å². The Morgan fingerprint density at radius 1 is 1.06 bits per heavy atom. The summed E-state index contributed by atoms with van der Waals surface area (Å²) < 4.78 is 0. The van der Waals surface area contributed by atoms with Gasteiger partial charge in [-0.05, 0) is 25.3 Å². The minimum absolute atomic E-state index is 0.462. The minimum Gasteiger partial charge on any atom is -0.301 e. The second kappa shape index (κ2) is 7.32. The van der Waals surface area contributed by atoms with Crippen LogP contribution in [0.15, 0.2) is 11.1 Å². The topological polar surface area (TPSA) is 17.1 Å². The molecule has 0 aromatic heterocycles. The maximum atomic E-state index is 12.6. The minimum atomic E-state index is -1.66. The molecule has 99 valence electrons. The Hall–Kier alpha value is -0.156. The first-order valence-corrected chi connectivity index (χ1v) is 13.3. The van der Waals surface area contributed by atoms with E-state index < -0.39 is 15.9 Å². The van der Waals surface area contributed by atoms with Gasteiger partial charge in [-0.25, -0.2) is 0 Å². The molecule has 0 bridgehead atoms. The highest BCUT2D eigenvalue weighted by molar-refractivity contribution is 7.44. The summed E-state index contributed by atoms with van der Waals surface area (Å²) in [6, 6.07) is 0. The predicted molar refractivity (Wildman–Crippen MR) is 82.5 cm³/mol. The molecule has 0 aromatic rings. The summed E-state index contributed by atoms with van der Waals surface area (Å²) in [6.07, 6.45) is 4.51. The molecule has 0 aliphatic rings. The maximum Gasteiger partial charge on any atom is 0.132 e. The first-order valence-electron chi connectivity index (χ1n) is 6.83. The zero-order valence-electron chi connectivity index (χ0n) is 12.7. The molecule has 0 atom stereocenters. The first-order chi connectivity index (χ1) is 7.78. The van der Waals surface area contributed by atoms with Crippen LogP contribution >= 0.6 is 0 Å². The molecule has 0 aliphatic carbocycles. The average Bonchev–Trinajstić information content (AvgIpc) is 2.26. The molecule has 0 saturated heterocycles.